The Morgan fingerprint density at radius 3 is 2.00 bits per heavy atom. The molecule has 5 nitrogen and oxygen atoms in total. The van der Waals surface area contributed by atoms with E-state index in [-0.39, 0.29) is 16.7 Å². The van der Waals surface area contributed by atoms with Gasteiger partial charge in [0.1, 0.15) is 11.7 Å². The number of carbonyl (C=O) groups excluding carboxylic acids is 4. The molecule has 1 unspecified atom stereocenters. The zero-order valence-electron chi connectivity index (χ0n) is 13.8. The SMILES string of the molecule is CC(=O)C(C(=O)Nc1ccccc1)C1=C(Cl)C(=O)c2ccccc2C1=O. The van der Waals surface area contributed by atoms with Crippen LogP contribution in [0.2, 0.25) is 0 Å². The molecule has 0 fully saturated rings. The lowest BCUT2D eigenvalue weighted by Gasteiger charge is -2.22. The Labute approximate surface area is 154 Å². The summed E-state index contributed by atoms with van der Waals surface area (Å²) in [5.41, 5.74) is 0.486. The molecule has 0 aliphatic heterocycles. The third kappa shape index (κ3) is 3.09. The number of fused-ring (bicyclic) bond motifs is 1. The Balaban J connectivity index is 2.04. The molecule has 2 aromatic carbocycles. The first-order valence-electron chi connectivity index (χ1n) is 7.86. The van der Waals surface area contributed by atoms with Crippen LogP contribution >= 0.6 is 11.6 Å². The summed E-state index contributed by atoms with van der Waals surface area (Å²) in [5.74, 6) is -3.92. The molecule has 1 aliphatic rings. The van der Waals surface area contributed by atoms with Gasteiger partial charge in [0.05, 0.1) is 5.03 Å². The molecular formula is C20H14ClNO4. The molecule has 26 heavy (non-hydrogen) atoms. The van der Waals surface area contributed by atoms with Crippen LogP contribution in [0.4, 0.5) is 5.69 Å². The van der Waals surface area contributed by atoms with Crippen LogP contribution in [-0.2, 0) is 9.59 Å². The first-order chi connectivity index (χ1) is 12.4. The summed E-state index contributed by atoms with van der Waals surface area (Å²) < 4.78 is 0. The first kappa shape index (κ1) is 17.8. The van der Waals surface area contributed by atoms with E-state index in [1.807, 2.05) is 0 Å². The maximum Gasteiger partial charge on any atom is 0.239 e. The zero-order chi connectivity index (χ0) is 18.8. The number of Topliss-reactive ketones (excluding diaryl/α,β-unsaturated/α-hetero) is 3. The lowest BCUT2D eigenvalue weighted by Crippen LogP contribution is -2.36. The zero-order valence-corrected chi connectivity index (χ0v) is 14.5. The number of para-hydroxylation sites is 1. The Hall–Kier alpha value is -3.05. The minimum absolute atomic E-state index is 0.135. The van der Waals surface area contributed by atoms with E-state index in [1.54, 1.807) is 42.5 Å². The largest absolute Gasteiger partial charge is 0.325 e. The van der Waals surface area contributed by atoms with Crippen molar-refractivity contribution < 1.29 is 19.2 Å². The van der Waals surface area contributed by atoms with Gasteiger partial charge in [-0.3, -0.25) is 19.2 Å². The molecule has 0 saturated carbocycles. The second kappa shape index (κ2) is 7.06. The van der Waals surface area contributed by atoms with E-state index >= 15 is 0 Å². The van der Waals surface area contributed by atoms with Gasteiger partial charge in [-0.15, -0.1) is 0 Å². The van der Waals surface area contributed by atoms with Crippen LogP contribution in [0.1, 0.15) is 27.6 Å². The van der Waals surface area contributed by atoms with Crippen LogP contribution in [0.25, 0.3) is 0 Å². The molecule has 130 valence electrons. The number of halogens is 1. The minimum Gasteiger partial charge on any atom is -0.325 e. The van der Waals surface area contributed by atoms with Crippen LogP contribution in [0, 0.1) is 5.92 Å². The van der Waals surface area contributed by atoms with Crippen molar-refractivity contribution in [1.82, 2.24) is 0 Å². The van der Waals surface area contributed by atoms with Crippen molar-refractivity contribution in [3.63, 3.8) is 0 Å². The van der Waals surface area contributed by atoms with Crippen molar-refractivity contribution >= 4 is 40.5 Å². The number of ketones is 3. The van der Waals surface area contributed by atoms with Crippen LogP contribution < -0.4 is 5.32 Å². The summed E-state index contributed by atoms with van der Waals surface area (Å²) in [6.45, 7) is 1.19. The van der Waals surface area contributed by atoms with Gasteiger partial charge in [0, 0.05) is 22.4 Å². The lowest BCUT2D eigenvalue weighted by molar-refractivity contribution is -0.128. The summed E-state index contributed by atoms with van der Waals surface area (Å²) in [7, 11) is 0. The number of rotatable bonds is 4. The molecule has 6 heteroatoms. The maximum absolute atomic E-state index is 12.8. The van der Waals surface area contributed by atoms with Gasteiger partial charge >= 0.3 is 0 Å². The topological polar surface area (TPSA) is 80.3 Å². The van der Waals surface area contributed by atoms with Crippen molar-refractivity contribution in [2.75, 3.05) is 5.32 Å². The van der Waals surface area contributed by atoms with Crippen molar-refractivity contribution in [2.45, 2.75) is 6.92 Å². The Bertz CT molecular complexity index is 963. The average Bonchev–Trinajstić information content (AvgIpc) is 2.63. The maximum atomic E-state index is 12.8. The predicted octanol–water partition coefficient (Wildman–Crippen LogP) is 3.40. The molecule has 0 saturated heterocycles. The smallest absolute Gasteiger partial charge is 0.239 e. The Morgan fingerprint density at radius 1 is 0.885 bits per heavy atom. The molecule has 1 N–H and O–H groups in total. The van der Waals surface area contributed by atoms with Gasteiger partial charge in [-0.2, -0.15) is 0 Å². The van der Waals surface area contributed by atoms with Crippen LogP contribution in [0.3, 0.4) is 0 Å². The van der Waals surface area contributed by atoms with E-state index in [0.717, 1.165) is 0 Å². The Morgan fingerprint density at radius 2 is 1.42 bits per heavy atom. The van der Waals surface area contributed by atoms with Crippen molar-refractivity contribution in [2.24, 2.45) is 5.92 Å². The van der Waals surface area contributed by atoms with Crippen LogP contribution in [0.5, 0.6) is 0 Å². The molecule has 1 atom stereocenters. The number of hydrogen-bond donors (Lipinski definition) is 1. The summed E-state index contributed by atoms with van der Waals surface area (Å²) in [6, 6.07) is 14.7. The molecule has 0 radical (unpaired) electrons. The van der Waals surface area contributed by atoms with Gasteiger partial charge in [0.15, 0.2) is 5.78 Å². The first-order valence-corrected chi connectivity index (χ1v) is 8.24. The van der Waals surface area contributed by atoms with E-state index in [2.05, 4.69) is 5.32 Å². The summed E-state index contributed by atoms with van der Waals surface area (Å²) >= 11 is 6.12. The van der Waals surface area contributed by atoms with Crippen molar-refractivity contribution in [3.8, 4) is 0 Å². The molecule has 0 spiro atoms. The molecule has 0 bridgehead atoms. The summed E-state index contributed by atoms with van der Waals surface area (Å²) in [6.07, 6.45) is 0. The van der Waals surface area contributed by atoms with E-state index in [0.29, 0.717) is 5.69 Å². The Kier molecular flexibility index (Phi) is 4.82. The second-order valence-electron chi connectivity index (χ2n) is 5.83. The number of nitrogens with one attached hydrogen (secondary N) is 1. The van der Waals surface area contributed by atoms with Crippen molar-refractivity contribution in [3.05, 3.63) is 76.3 Å². The van der Waals surface area contributed by atoms with Gasteiger partial charge in [-0.1, -0.05) is 54.1 Å². The number of anilines is 1. The van der Waals surface area contributed by atoms with E-state index in [4.69, 9.17) is 11.6 Å². The predicted molar refractivity (Wildman–Crippen MR) is 97.2 cm³/mol. The molecule has 0 aromatic heterocycles. The molecule has 0 heterocycles. The van der Waals surface area contributed by atoms with Crippen molar-refractivity contribution in [1.29, 1.82) is 0 Å². The monoisotopic (exact) mass is 367 g/mol. The fourth-order valence-electron chi connectivity index (χ4n) is 2.88. The number of hydrogen-bond acceptors (Lipinski definition) is 4. The van der Waals surface area contributed by atoms with E-state index in [9.17, 15) is 19.2 Å². The van der Waals surface area contributed by atoms with E-state index < -0.39 is 34.2 Å². The van der Waals surface area contributed by atoms with Crippen LogP contribution in [0.15, 0.2) is 65.2 Å². The van der Waals surface area contributed by atoms with Crippen LogP contribution in [-0.4, -0.2) is 23.3 Å². The highest BCUT2D eigenvalue weighted by atomic mass is 35.5. The van der Waals surface area contributed by atoms with Gasteiger partial charge in [0.25, 0.3) is 0 Å². The lowest BCUT2D eigenvalue weighted by atomic mass is 9.81. The highest BCUT2D eigenvalue weighted by Crippen LogP contribution is 2.33. The summed E-state index contributed by atoms with van der Waals surface area (Å²) in [4.78, 5) is 50.2. The number of amides is 1. The number of carbonyl (C=O) groups is 4. The average molecular weight is 368 g/mol. The minimum atomic E-state index is -1.47. The van der Waals surface area contributed by atoms with Gasteiger partial charge < -0.3 is 5.32 Å². The normalized spacial score (nSPS) is 14.7. The molecular weight excluding hydrogens is 354 g/mol. The standard InChI is InChI=1S/C20H14ClNO4/c1-11(23)15(20(26)22-12-7-3-2-4-8-12)16-17(21)19(25)14-10-6-5-9-13(14)18(16)24/h2-10,15H,1H3,(H,22,26). The fourth-order valence-corrected chi connectivity index (χ4v) is 3.17. The summed E-state index contributed by atoms with van der Waals surface area (Å²) in [5, 5.41) is 2.19. The third-order valence-electron chi connectivity index (χ3n) is 4.10. The highest BCUT2D eigenvalue weighted by molar-refractivity contribution is 6.50. The molecule has 2 aromatic rings. The fraction of sp³-hybridized carbons (Fsp3) is 0.100. The molecule has 3 rings (SSSR count). The number of benzene rings is 2. The third-order valence-corrected chi connectivity index (χ3v) is 4.47. The van der Waals surface area contributed by atoms with E-state index in [1.165, 1.54) is 19.1 Å². The highest BCUT2D eigenvalue weighted by Gasteiger charge is 2.40. The van der Waals surface area contributed by atoms with Gasteiger partial charge in [-0.05, 0) is 19.1 Å². The van der Waals surface area contributed by atoms with Gasteiger partial charge in [0.2, 0.25) is 11.7 Å². The quantitative estimate of drug-likeness (QED) is 0.840. The number of allylic oxidation sites excluding steroid dienone is 1. The molecule has 1 amide bonds. The molecule has 1 aliphatic carbocycles. The van der Waals surface area contributed by atoms with Gasteiger partial charge in [-0.25, -0.2) is 0 Å². The second-order valence-corrected chi connectivity index (χ2v) is 6.21.